The molecule has 1 aliphatic rings. The van der Waals surface area contributed by atoms with Gasteiger partial charge < -0.3 is 9.64 Å². The molecular weight excluding hydrogens is 316 g/mol. The van der Waals surface area contributed by atoms with Crippen molar-refractivity contribution in [3.8, 4) is 5.75 Å². The minimum Gasteiger partial charge on any atom is -0.494 e. The van der Waals surface area contributed by atoms with Crippen molar-refractivity contribution >= 4 is 5.91 Å². The average Bonchev–Trinajstić information content (AvgIpc) is 3.12. The highest BCUT2D eigenvalue weighted by molar-refractivity contribution is 5.92. The van der Waals surface area contributed by atoms with Gasteiger partial charge in [0.25, 0.3) is 5.91 Å². The Bertz CT molecular complexity index is 688. The lowest BCUT2D eigenvalue weighted by molar-refractivity contribution is 0.0616. The fraction of sp³-hybridized carbons (Fsp3) is 0.474. The lowest BCUT2D eigenvalue weighted by Crippen LogP contribution is -2.48. The van der Waals surface area contributed by atoms with Crippen molar-refractivity contribution in [3.05, 3.63) is 47.8 Å². The van der Waals surface area contributed by atoms with Crippen LogP contribution >= 0.6 is 0 Å². The van der Waals surface area contributed by atoms with Crippen LogP contribution in [0.3, 0.4) is 0 Å². The molecular formula is C19H26N4O2. The molecule has 0 aliphatic carbocycles. The molecule has 1 saturated heterocycles. The zero-order valence-electron chi connectivity index (χ0n) is 15.0. The van der Waals surface area contributed by atoms with Gasteiger partial charge in [0, 0.05) is 45.5 Å². The summed E-state index contributed by atoms with van der Waals surface area (Å²) < 4.78 is 7.24. The molecule has 3 rings (SSSR count). The van der Waals surface area contributed by atoms with Crippen molar-refractivity contribution in [2.45, 2.75) is 26.9 Å². The number of ether oxygens (including phenoxy) is 1. The summed E-state index contributed by atoms with van der Waals surface area (Å²) in [6.45, 7) is 9.58. The third-order valence-electron chi connectivity index (χ3n) is 4.54. The van der Waals surface area contributed by atoms with Gasteiger partial charge in [-0.15, -0.1) is 0 Å². The smallest absolute Gasteiger partial charge is 0.272 e. The standard InChI is InChI=1S/C19H26N4O2/c1-3-23-18(9-10-20-23)19(24)22-13-11-21(12-14-22)15-16-5-7-17(8-6-16)25-4-2/h5-10H,3-4,11-15H2,1-2H3. The SMILES string of the molecule is CCOc1ccc(CN2CCN(C(=O)c3ccnn3CC)CC2)cc1. The van der Waals surface area contributed by atoms with Crippen LogP contribution < -0.4 is 4.74 Å². The van der Waals surface area contributed by atoms with Crippen molar-refractivity contribution in [1.29, 1.82) is 0 Å². The molecule has 25 heavy (non-hydrogen) atoms. The zero-order chi connectivity index (χ0) is 17.6. The second-order valence-corrected chi connectivity index (χ2v) is 6.18. The first-order valence-corrected chi connectivity index (χ1v) is 8.96. The molecule has 0 radical (unpaired) electrons. The zero-order valence-corrected chi connectivity index (χ0v) is 15.0. The quantitative estimate of drug-likeness (QED) is 0.808. The first kappa shape index (κ1) is 17.5. The Morgan fingerprint density at radius 1 is 1.08 bits per heavy atom. The molecule has 0 unspecified atom stereocenters. The molecule has 2 aromatic rings. The summed E-state index contributed by atoms with van der Waals surface area (Å²) >= 11 is 0. The summed E-state index contributed by atoms with van der Waals surface area (Å²) in [5.41, 5.74) is 1.95. The summed E-state index contributed by atoms with van der Waals surface area (Å²) in [5.74, 6) is 0.995. The van der Waals surface area contributed by atoms with E-state index in [1.54, 1.807) is 16.9 Å². The van der Waals surface area contributed by atoms with Crippen molar-refractivity contribution in [2.75, 3.05) is 32.8 Å². The fourth-order valence-electron chi connectivity index (χ4n) is 3.15. The first-order chi connectivity index (χ1) is 12.2. The monoisotopic (exact) mass is 342 g/mol. The summed E-state index contributed by atoms with van der Waals surface area (Å²) in [7, 11) is 0. The van der Waals surface area contributed by atoms with Crippen LogP contribution in [-0.2, 0) is 13.1 Å². The number of hydrogen-bond acceptors (Lipinski definition) is 4. The van der Waals surface area contributed by atoms with Gasteiger partial charge in [-0.05, 0) is 37.6 Å². The molecule has 134 valence electrons. The normalized spacial score (nSPS) is 15.4. The molecule has 0 spiro atoms. The van der Waals surface area contributed by atoms with Crippen molar-refractivity contribution in [1.82, 2.24) is 19.6 Å². The third kappa shape index (κ3) is 4.20. The van der Waals surface area contributed by atoms with Gasteiger partial charge in [0.2, 0.25) is 0 Å². The summed E-state index contributed by atoms with van der Waals surface area (Å²) in [6, 6.07) is 10.1. The Balaban J connectivity index is 1.52. The summed E-state index contributed by atoms with van der Waals surface area (Å²) in [5, 5.41) is 4.19. The van der Waals surface area contributed by atoms with Gasteiger partial charge in [0.15, 0.2) is 0 Å². The van der Waals surface area contributed by atoms with Gasteiger partial charge in [-0.2, -0.15) is 5.10 Å². The number of rotatable bonds is 6. The van der Waals surface area contributed by atoms with Crippen LogP contribution in [0.5, 0.6) is 5.75 Å². The van der Waals surface area contributed by atoms with Gasteiger partial charge >= 0.3 is 0 Å². The van der Waals surface area contributed by atoms with Gasteiger partial charge in [0.1, 0.15) is 11.4 Å². The van der Waals surface area contributed by atoms with Crippen molar-refractivity contribution < 1.29 is 9.53 Å². The van der Waals surface area contributed by atoms with Crippen LogP contribution in [0.15, 0.2) is 36.5 Å². The second kappa shape index (κ2) is 8.16. The molecule has 6 nitrogen and oxygen atoms in total. The van der Waals surface area contributed by atoms with E-state index < -0.39 is 0 Å². The van der Waals surface area contributed by atoms with E-state index in [0.717, 1.165) is 38.5 Å². The predicted octanol–water partition coefficient (Wildman–Crippen LogP) is 2.26. The Hall–Kier alpha value is -2.34. The summed E-state index contributed by atoms with van der Waals surface area (Å²) in [6.07, 6.45) is 1.69. The Morgan fingerprint density at radius 3 is 2.44 bits per heavy atom. The Labute approximate surface area is 149 Å². The van der Waals surface area contributed by atoms with Crippen LogP contribution in [0.1, 0.15) is 29.9 Å². The molecule has 1 aromatic heterocycles. The highest BCUT2D eigenvalue weighted by atomic mass is 16.5. The molecule has 0 N–H and O–H groups in total. The number of aromatic nitrogens is 2. The number of carbonyl (C=O) groups is 1. The Kier molecular flexibility index (Phi) is 5.71. The van der Waals surface area contributed by atoms with E-state index in [0.29, 0.717) is 18.8 Å². The molecule has 2 heterocycles. The largest absolute Gasteiger partial charge is 0.494 e. The van der Waals surface area contributed by atoms with Gasteiger partial charge in [0.05, 0.1) is 6.61 Å². The fourth-order valence-corrected chi connectivity index (χ4v) is 3.15. The number of benzene rings is 1. The summed E-state index contributed by atoms with van der Waals surface area (Å²) in [4.78, 5) is 17.0. The van der Waals surface area contributed by atoms with E-state index in [4.69, 9.17) is 4.74 Å². The molecule has 1 aliphatic heterocycles. The lowest BCUT2D eigenvalue weighted by Gasteiger charge is -2.34. The number of carbonyl (C=O) groups excluding carboxylic acids is 1. The molecule has 1 amide bonds. The van der Waals surface area contributed by atoms with E-state index in [1.807, 2.05) is 30.9 Å². The van der Waals surface area contributed by atoms with E-state index in [2.05, 4.69) is 22.1 Å². The predicted molar refractivity (Wildman–Crippen MR) is 96.7 cm³/mol. The van der Waals surface area contributed by atoms with Crippen molar-refractivity contribution in [2.24, 2.45) is 0 Å². The molecule has 0 atom stereocenters. The van der Waals surface area contributed by atoms with Gasteiger partial charge in [-0.1, -0.05) is 12.1 Å². The van der Waals surface area contributed by atoms with E-state index in [-0.39, 0.29) is 5.91 Å². The number of hydrogen-bond donors (Lipinski definition) is 0. The molecule has 1 aromatic carbocycles. The van der Waals surface area contributed by atoms with Gasteiger partial charge in [-0.3, -0.25) is 14.4 Å². The number of aryl methyl sites for hydroxylation is 1. The van der Waals surface area contributed by atoms with Crippen LogP contribution in [0, 0.1) is 0 Å². The highest BCUT2D eigenvalue weighted by Crippen LogP contribution is 2.15. The molecule has 6 heteroatoms. The van der Waals surface area contributed by atoms with E-state index >= 15 is 0 Å². The lowest BCUT2D eigenvalue weighted by atomic mass is 10.2. The van der Waals surface area contributed by atoms with E-state index in [1.165, 1.54) is 5.56 Å². The van der Waals surface area contributed by atoms with Crippen LogP contribution in [0.25, 0.3) is 0 Å². The number of nitrogens with zero attached hydrogens (tertiary/aromatic N) is 4. The minimum atomic E-state index is 0.0834. The first-order valence-electron chi connectivity index (χ1n) is 8.96. The maximum absolute atomic E-state index is 12.6. The molecule has 0 saturated carbocycles. The van der Waals surface area contributed by atoms with Crippen LogP contribution in [0.2, 0.25) is 0 Å². The Morgan fingerprint density at radius 2 is 1.80 bits per heavy atom. The van der Waals surface area contributed by atoms with Gasteiger partial charge in [-0.25, -0.2) is 0 Å². The maximum atomic E-state index is 12.6. The topological polar surface area (TPSA) is 50.6 Å². The molecule has 1 fully saturated rings. The highest BCUT2D eigenvalue weighted by Gasteiger charge is 2.24. The van der Waals surface area contributed by atoms with E-state index in [9.17, 15) is 4.79 Å². The number of amides is 1. The van der Waals surface area contributed by atoms with Crippen LogP contribution in [-0.4, -0.2) is 58.3 Å². The minimum absolute atomic E-state index is 0.0834. The van der Waals surface area contributed by atoms with Crippen molar-refractivity contribution in [3.63, 3.8) is 0 Å². The average molecular weight is 342 g/mol. The number of piperazine rings is 1. The maximum Gasteiger partial charge on any atom is 0.272 e. The third-order valence-corrected chi connectivity index (χ3v) is 4.54. The molecule has 0 bridgehead atoms. The second-order valence-electron chi connectivity index (χ2n) is 6.18. The van der Waals surface area contributed by atoms with Crippen LogP contribution in [0.4, 0.5) is 0 Å².